The Morgan fingerprint density at radius 3 is 2.89 bits per heavy atom. The summed E-state index contributed by atoms with van der Waals surface area (Å²) >= 11 is 9.49. The first-order valence-electron chi connectivity index (χ1n) is 6.41. The van der Waals surface area contributed by atoms with Gasteiger partial charge in [-0.25, -0.2) is 0 Å². The smallest absolute Gasteiger partial charge is 0.165 e. The van der Waals surface area contributed by atoms with Crippen LogP contribution in [-0.4, -0.2) is 26.4 Å². The van der Waals surface area contributed by atoms with Crippen molar-refractivity contribution < 1.29 is 14.2 Å². The number of benzene rings is 1. The van der Waals surface area contributed by atoms with Gasteiger partial charge >= 0.3 is 0 Å². The van der Waals surface area contributed by atoms with Gasteiger partial charge in [0.25, 0.3) is 0 Å². The number of halogens is 2. The fraction of sp³-hybridized carbons (Fsp3) is 0.571. The van der Waals surface area contributed by atoms with Gasteiger partial charge in [-0.15, -0.1) is 0 Å². The first kappa shape index (κ1) is 14.9. The maximum Gasteiger partial charge on any atom is 0.165 e. The van der Waals surface area contributed by atoms with E-state index in [1.54, 1.807) is 13.2 Å². The van der Waals surface area contributed by atoms with Gasteiger partial charge in [-0.05, 0) is 25.3 Å². The molecule has 1 aliphatic heterocycles. The van der Waals surface area contributed by atoms with Crippen LogP contribution in [0.25, 0.3) is 0 Å². The first-order valence-corrected chi connectivity index (χ1v) is 7.91. The van der Waals surface area contributed by atoms with E-state index < -0.39 is 0 Å². The van der Waals surface area contributed by atoms with Crippen molar-refractivity contribution >= 4 is 27.5 Å². The Bertz CT molecular complexity index is 394. The van der Waals surface area contributed by atoms with E-state index in [2.05, 4.69) is 15.9 Å². The third-order valence-electron chi connectivity index (χ3n) is 3.15. The van der Waals surface area contributed by atoms with Gasteiger partial charge < -0.3 is 14.2 Å². The SMILES string of the molecule is COc1cc(Cl)cc(CBr)c1OCC1CCCCO1. The number of alkyl halides is 1. The molecule has 0 amide bonds. The van der Waals surface area contributed by atoms with Gasteiger partial charge in [0.15, 0.2) is 11.5 Å². The Morgan fingerprint density at radius 1 is 1.42 bits per heavy atom. The molecule has 1 saturated heterocycles. The highest BCUT2D eigenvalue weighted by molar-refractivity contribution is 9.08. The Morgan fingerprint density at radius 2 is 2.26 bits per heavy atom. The third-order valence-corrected chi connectivity index (χ3v) is 3.97. The predicted octanol–water partition coefficient (Wildman–Crippen LogP) is 4.19. The summed E-state index contributed by atoms with van der Waals surface area (Å²) in [6.45, 7) is 1.38. The van der Waals surface area contributed by atoms with Crippen LogP contribution in [0, 0.1) is 0 Å². The van der Waals surface area contributed by atoms with Crippen LogP contribution in [0.1, 0.15) is 24.8 Å². The Balaban J connectivity index is 2.09. The number of methoxy groups -OCH3 is 1. The number of ether oxygens (including phenoxy) is 3. The zero-order chi connectivity index (χ0) is 13.7. The third kappa shape index (κ3) is 4.01. The van der Waals surface area contributed by atoms with Crippen molar-refractivity contribution in [3.8, 4) is 11.5 Å². The standard InChI is InChI=1S/C14H18BrClO3/c1-17-13-7-11(16)6-10(8-15)14(13)19-9-12-4-2-3-5-18-12/h6-7,12H,2-5,8-9H2,1H3. The zero-order valence-electron chi connectivity index (χ0n) is 11.0. The molecule has 1 atom stereocenters. The van der Waals surface area contributed by atoms with Crippen LogP contribution < -0.4 is 9.47 Å². The van der Waals surface area contributed by atoms with Crippen molar-refractivity contribution in [2.24, 2.45) is 0 Å². The molecule has 106 valence electrons. The molecule has 0 aliphatic carbocycles. The van der Waals surface area contributed by atoms with Crippen LogP contribution in [0.3, 0.4) is 0 Å². The van der Waals surface area contributed by atoms with E-state index in [4.69, 9.17) is 25.8 Å². The van der Waals surface area contributed by atoms with Crippen LogP contribution in [0.4, 0.5) is 0 Å². The van der Waals surface area contributed by atoms with Crippen molar-refractivity contribution in [2.75, 3.05) is 20.3 Å². The van der Waals surface area contributed by atoms with Gasteiger partial charge in [0.1, 0.15) is 6.61 Å². The molecule has 0 aromatic heterocycles. The fourth-order valence-electron chi connectivity index (χ4n) is 2.15. The zero-order valence-corrected chi connectivity index (χ0v) is 13.3. The molecule has 0 radical (unpaired) electrons. The molecule has 0 N–H and O–H groups in total. The van der Waals surface area contributed by atoms with Gasteiger partial charge in [0, 0.05) is 28.6 Å². The van der Waals surface area contributed by atoms with Crippen LogP contribution in [-0.2, 0) is 10.1 Å². The van der Waals surface area contributed by atoms with Crippen molar-refractivity contribution in [3.63, 3.8) is 0 Å². The van der Waals surface area contributed by atoms with Gasteiger partial charge in [0.2, 0.25) is 0 Å². The van der Waals surface area contributed by atoms with E-state index in [1.165, 1.54) is 6.42 Å². The molecule has 2 rings (SSSR count). The van der Waals surface area contributed by atoms with Crippen LogP contribution in [0.5, 0.6) is 11.5 Å². The Kier molecular flexibility index (Phi) is 5.79. The molecule has 1 fully saturated rings. The lowest BCUT2D eigenvalue weighted by atomic mass is 10.1. The van der Waals surface area contributed by atoms with Gasteiger partial charge in [0.05, 0.1) is 13.2 Å². The van der Waals surface area contributed by atoms with Crippen LogP contribution >= 0.6 is 27.5 Å². The highest BCUT2D eigenvalue weighted by atomic mass is 79.9. The molecule has 5 heteroatoms. The average Bonchev–Trinajstić information content (AvgIpc) is 2.46. The minimum Gasteiger partial charge on any atom is -0.493 e. The summed E-state index contributed by atoms with van der Waals surface area (Å²) in [4.78, 5) is 0. The maximum atomic E-state index is 6.05. The summed E-state index contributed by atoms with van der Waals surface area (Å²) in [5.41, 5.74) is 0.986. The Hall–Kier alpha value is -0.450. The summed E-state index contributed by atoms with van der Waals surface area (Å²) in [5.74, 6) is 1.41. The van der Waals surface area contributed by atoms with Gasteiger partial charge in [-0.3, -0.25) is 0 Å². The number of hydrogen-bond donors (Lipinski definition) is 0. The minimum atomic E-state index is 0.178. The molecule has 3 nitrogen and oxygen atoms in total. The lowest BCUT2D eigenvalue weighted by molar-refractivity contribution is -0.0116. The Labute approximate surface area is 127 Å². The highest BCUT2D eigenvalue weighted by Crippen LogP contribution is 2.36. The molecular formula is C14H18BrClO3. The molecule has 1 aliphatic rings. The highest BCUT2D eigenvalue weighted by Gasteiger charge is 2.17. The predicted molar refractivity (Wildman–Crippen MR) is 79.7 cm³/mol. The second kappa shape index (κ2) is 7.36. The topological polar surface area (TPSA) is 27.7 Å². The minimum absolute atomic E-state index is 0.178. The normalized spacial score (nSPS) is 19.2. The molecule has 0 saturated carbocycles. The van der Waals surface area contributed by atoms with Crippen molar-refractivity contribution in [1.29, 1.82) is 0 Å². The summed E-state index contributed by atoms with van der Waals surface area (Å²) in [7, 11) is 1.62. The second-order valence-corrected chi connectivity index (χ2v) is 5.53. The molecule has 1 heterocycles. The lowest BCUT2D eigenvalue weighted by Gasteiger charge is -2.23. The summed E-state index contributed by atoms with van der Waals surface area (Å²) in [6.07, 6.45) is 3.58. The van der Waals surface area contributed by atoms with E-state index in [9.17, 15) is 0 Å². The summed E-state index contributed by atoms with van der Waals surface area (Å²) in [6, 6.07) is 3.65. The van der Waals surface area contributed by atoms with E-state index in [1.807, 2.05) is 6.07 Å². The number of hydrogen-bond acceptors (Lipinski definition) is 3. The van der Waals surface area contributed by atoms with Crippen LogP contribution in [0.15, 0.2) is 12.1 Å². The molecule has 0 bridgehead atoms. The maximum absolute atomic E-state index is 6.05. The molecule has 1 aromatic rings. The van der Waals surface area contributed by atoms with E-state index >= 15 is 0 Å². The fourth-order valence-corrected chi connectivity index (χ4v) is 2.80. The summed E-state index contributed by atoms with van der Waals surface area (Å²) < 4.78 is 16.9. The summed E-state index contributed by atoms with van der Waals surface area (Å²) in [5, 5.41) is 1.32. The molecule has 1 unspecified atom stereocenters. The van der Waals surface area contributed by atoms with E-state index in [0.29, 0.717) is 22.7 Å². The molecule has 1 aromatic carbocycles. The monoisotopic (exact) mass is 348 g/mol. The van der Waals surface area contributed by atoms with E-state index in [-0.39, 0.29) is 6.10 Å². The van der Waals surface area contributed by atoms with Crippen molar-refractivity contribution in [1.82, 2.24) is 0 Å². The number of rotatable bonds is 5. The first-order chi connectivity index (χ1) is 9.24. The average molecular weight is 350 g/mol. The molecule has 0 spiro atoms. The molecular weight excluding hydrogens is 332 g/mol. The quantitative estimate of drug-likeness (QED) is 0.746. The lowest BCUT2D eigenvalue weighted by Crippen LogP contribution is -2.26. The van der Waals surface area contributed by atoms with Crippen molar-refractivity contribution in [3.05, 3.63) is 22.7 Å². The van der Waals surface area contributed by atoms with Gasteiger partial charge in [-0.1, -0.05) is 27.5 Å². The van der Waals surface area contributed by atoms with Crippen molar-refractivity contribution in [2.45, 2.75) is 30.7 Å². The molecule has 19 heavy (non-hydrogen) atoms. The van der Waals surface area contributed by atoms with Gasteiger partial charge in [-0.2, -0.15) is 0 Å². The largest absolute Gasteiger partial charge is 0.493 e. The second-order valence-electron chi connectivity index (χ2n) is 4.53. The van der Waals surface area contributed by atoms with Crippen LogP contribution in [0.2, 0.25) is 5.02 Å². The van der Waals surface area contributed by atoms with E-state index in [0.717, 1.165) is 30.8 Å².